The van der Waals surface area contributed by atoms with Crippen molar-refractivity contribution < 1.29 is 4.42 Å². The Labute approximate surface area is 267 Å². The topological polar surface area (TPSA) is 16.4 Å². The van der Waals surface area contributed by atoms with Crippen LogP contribution in [0.25, 0.3) is 65.7 Å². The third-order valence-corrected chi connectivity index (χ3v) is 9.03. The van der Waals surface area contributed by atoms with E-state index in [1.54, 1.807) is 0 Å². The molecule has 9 rings (SSSR count). The molecule has 0 N–H and O–H groups in total. The lowest BCUT2D eigenvalue weighted by Gasteiger charge is -2.26. The van der Waals surface area contributed by atoms with Gasteiger partial charge in [-0.2, -0.15) is 0 Å². The number of hydrogen-bond donors (Lipinski definition) is 0. The maximum atomic E-state index is 6.18. The van der Waals surface area contributed by atoms with Crippen LogP contribution in [0, 0.1) is 0 Å². The third kappa shape index (κ3) is 4.51. The van der Waals surface area contributed by atoms with Crippen molar-refractivity contribution in [2.45, 2.75) is 0 Å². The summed E-state index contributed by atoms with van der Waals surface area (Å²) in [7, 11) is 0. The maximum Gasteiger partial charge on any atom is 0.135 e. The lowest BCUT2D eigenvalue weighted by Crippen LogP contribution is -2.09. The number of rotatable bonds is 5. The van der Waals surface area contributed by atoms with Gasteiger partial charge in [0, 0.05) is 27.8 Å². The zero-order valence-electron chi connectivity index (χ0n) is 25.1. The first-order valence-electron chi connectivity index (χ1n) is 15.7. The van der Waals surface area contributed by atoms with Crippen LogP contribution < -0.4 is 4.90 Å². The van der Waals surface area contributed by atoms with Crippen molar-refractivity contribution in [1.82, 2.24) is 0 Å². The molecule has 0 radical (unpaired) electrons. The van der Waals surface area contributed by atoms with E-state index >= 15 is 0 Å². The summed E-state index contributed by atoms with van der Waals surface area (Å²) >= 11 is 0. The molecule has 0 saturated heterocycles. The minimum absolute atomic E-state index is 0.892. The highest BCUT2D eigenvalue weighted by atomic mass is 16.3. The van der Waals surface area contributed by atoms with Gasteiger partial charge in [-0.1, -0.05) is 121 Å². The molecular weight excluding hydrogens is 558 g/mol. The first-order chi connectivity index (χ1) is 22.8. The molecular formula is C44H29NO. The molecule has 216 valence electrons. The Kier molecular flexibility index (Phi) is 6.17. The number of hydrogen-bond acceptors (Lipinski definition) is 2. The quantitative estimate of drug-likeness (QED) is 0.199. The van der Waals surface area contributed by atoms with E-state index in [0.717, 1.165) is 39.0 Å². The summed E-state index contributed by atoms with van der Waals surface area (Å²) in [5.41, 5.74) is 9.93. The maximum absolute atomic E-state index is 6.18. The number of anilines is 3. The fourth-order valence-electron chi connectivity index (χ4n) is 6.75. The van der Waals surface area contributed by atoms with Crippen molar-refractivity contribution in [2.75, 3.05) is 4.90 Å². The van der Waals surface area contributed by atoms with Crippen molar-refractivity contribution in [3.8, 4) is 22.3 Å². The van der Waals surface area contributed by atoms with Gasteiger partial charge in [-0.25, -0.2) is 0 Å². The molecule has 0 unspecified atom stereocenters. The Hall–Kier alpha value is -6.12. The van der Waals surface area contributed by atoms with Crippen LogP contribution in [0.5, 0.6) is 0 Å². The predicted octanol–water partition coefficient (Wildman–Crippen LogP) is 12.7. The van der Waals surface area contributed by atoms with Crippen LogP contribution in [-0.2, 0) is 0 Å². The van der Waals surface area contributed by atoms with Gasteiger partial charge in [0.25, 0.3) is 0 Å². The van der Waals surface area contributed by atoms with Crippen molar-refractivity contribution in [1.29, 1.82) is 0 Å². The number of para-hydroxylation sites is 1. The smallest absolute Gasteiger partial charge is 0.135 e. The molecule has 0 spiro atoms. The van der Waals surface area contributed by atoms with Crippen LogP contribution in [0.1, 0.15) is 0 Å². The molecule has 0 fully saturated rings. The molecule has 0 aliphatic heterocycles. The van der Waals surface area contributed by atoms with Gasteiger partial charge in [-0.3, -0.25) is 0 Å². The lowest BCUT2D eigenvalue weighted by molar-refractivity contribution is 0.669. The van der Waals surface area contributed by atoms with Crippen LogP contribution in [0.15, 0.2) is 180 Å². The summed E-state index contributed by atoms with van der Waals surface area (Å²) < 4.78 is 6.18. The Morgan fingerprint density at radius 1 is 0.326 bits per heavy atom. The highest BCUT2D eigenvalue weighted by Crippen LogP contribution is 2.41. The van der Waals surface area contributed by atoms with Gasteiger partial charge in [0.2, 0.25) is 0 Å². The molecule has 1 heterocycles. The fraction of sp³-hybridized carbons (Fsp3) is 0. The van der Waals surface area contributed by atoms with Crippen molar-refractivity contribution >= 4 is 60.5 Å². The molecule has 2 nitrogen and oxygen atoms in total. The van der Waals surface area contributed by atoms with E-state index in [1.807, 2.05) is 12.1 Å². The Balaban J connectivity index is 1.20. The zero-order chi connectivity index (χ0) is 30.5. The van der Waals surface area contributed by atoms with E-state index in [-0.39, 0.29) is 0 Å². The highest BCUT2D eigenvalue weighted by Gasteiger charge is 2.17. The molecule has 0 atom stereocenters. The molecule has 9 aromatic rings. The van der Waals surface area contributed by atoms with Crippen molar-refractivity contribution in [3.05, 3.63) is 176 Å². The summed E-state index contributed by atoms with van der Waals surface area (Å²) in [6, 6.07) is 62.9. The SMILES string of the molecule is c1ccc(-c2ccc(N(c3ccc4c(-c5ccc6ccccc6c5)cccc4c3)c3ccc4oc5ccccc5c4c3)cc2)cc1. The standard InChI is InChI=1S/C44H29NO/c1-2-9-30(10-3-1)32-19-21-36(22-20-32)45(38-24-26-44-42(29-38)41-14-6-7-16-43(41)46-44)37-23-25-40-34(28-37)13-8-15-39(40)35-18-17-31-11-4-5-12-33(31)27-35/h1-29H. The first-order valence-corrected chi connectivity index (χ1v) is 15.7. The van der Waals surface area contributed by atoms with E-state index in [1.165, 1.54) is 43.8 Å². The van der Waals surface area contributed by atoms with Crippen LogP contribution in [-0.4, -0.2) is 0 Å². The van der Waals surface area contributed by atoms with Crippen molar-refractivity contribution in [3.63, 3.8) is 0 Å². The van der Waals surface area contributed by atoms with E-state index < -0.39 is 0 Å². The average Bonchev–Trinajstić information content (AvgIpc) is 3.50. The Bertz CT molecular complexity index is 2530. The number of furan rings is 1. The first kappa shape index (κ1) is 26.3. The van der Waals surface area contributed by atoms with E-state index in [0.29, 0.717) is 0 Å². The molecule has 0 saturated carbocycles. The van der Waals surface area contributed by atoms with Gasteiger partial charge >= 0.3 is 0 Å². The molecule has 8 aromatic carbocycles. The second kappa shape index (κ2) is 10.8. The molecule has 0 bridgehead atoms. The minimum Gasteiger partial charge on any atom is -0.456 e. The average molecular weight is 588 g/mol. The molecule has 46 heavy (non-hydrogen) atoms. The number of benzene rings is 8. The van der Waals surface area contributed by atoms with E-state index in [9.17, 15) is 0 Å². The summed E-state index contributed by atoms with van der Waals surface area (Å²) in [6.45, 7) is 0. The summed E-state index contributed by atoms with van der Waals surface area (Å²) in [5, 5.41) is 7.17. The lowest BCUT2D eigenvalue weighted by atomic mass is 9.95. The second-order valence-electron chi connectivity index (χ2n) is 11.8. The van der Waals surface area contributed by atoms with Crippen molar-refractivity contribution in [2.24, 2.45) is 0 Å². The summed E-state index contributed by atoms with van der Waals surface area (Å²) in [4.78, 5) is 2.35. The minimum atomic E-state index is 0.892. The predicted molar refractivity (Wildman–Crippen MR) is 194 cm³/mol. The second-order valence-corrected chi connectivity index (χ2v) is 11.8. The molecule has 0 aliphatic carbocycles. The summed E-state index contributed by atoms with van der Waals surface area (Å²) in [6.07, 6.45) is 0. The van der Waals surface area contributed by atoms with Gasteiger partial charge in [-0.05, 0) is 98.4 Å². The number of nitrogens with zero attached hydrogens (tertiary/aromatic N) is 1. The van der Waals surface area contributed by atoms with Crippen LogP contribution in [0.3, 0.4) is 0 Å². The van der Waals surface area contributed by atoms with Gasteiger partial charge in [-0.15, -0.1) is 0 Å². The molecule has 2 heteroatoms. The molecule has 0 aliphatic rings. The normalized spacial score (nSPS) is 11.5. The highest BCUT2D eigenvalue weighted by molar-refractivity contribution is 6.07. The fourth-order valence-corrected chi connectivity index (χ4v) is 6.75. The Morgan fingerprint density at radius 3 is 1.87 bits per heavy atom. The number of fused-ring (bicyclic) bond motifs is 5. The van der Waals surface area contributed by atoms with Gasteiger partial charge in [0.05, 0.1) is 0 Å². The molecule has 0 amide bonds. The summed E-state index contributed by atoms with van der Waals surface area (Å²) in [5.74, 6) is 0. The van der Waals surface area contributed by atoms with Crippen LogP contribution in [0.4, 0.5) is 17.1 Å². The Morgan fingerprint density at radius 2 is 0.978 bits per heavy atom. The van der Waals surface area contributed by atoms with Gasteiger partial charge in [0.1, 0.15) is 11.2 Å². The monoisotopic (exact) mass is 587 g/mol. The largest absolute Gasteiger partial charge is 0.456 e. The zero-order valence-corrected chi connectivity index (χ0v) is 25.1. The van der Waals surface area contributed by atoms with Crippen LogP contribution in [0.2, 0.25) is 0 Å². The molecule has 1 aromatic heterocycles. The van der Waals surface area contributed by atoms with Gasteiger partial charge in [0.15, 0.2) is 0 Å². The third-order valence-electron chi connectivity index (χ3n) is 9.03. The van der Waals surface area contributed by atoms with E-state index in [4.69, 9.17) is 4.42 Å². The van der Waals surface area contributed by atoms with Crippen LogP contribution >= 0.6 is 0 Å². The van der Waals surface area contributed by atoms with E-state index in [2.05, 4.69) is 169 Å². The van der Waals surface area contributed by atoms with Gasteiger partial charge < -0.3 is 9.32 Å².